The lowest BCUT2D eigenvalue weighted by Gasteiger charge is -2.22. The van der Waals surface area contributed by atoms with Crippen LogP contribution >= 0.6 is 0 Å². The van der Waals surface area contributed by atoms with Crippen molar-refractivity contribution in [3.8, 4) is 5.75 Å². The van der Waals surface area contributed by atoms with Gasteiger partial charge in [-0.3, -0.25) is 0 Å². The molecule has 0 bridgehead atoms. The van der Waals surface area contributed by atoms with Gasteiger partial charge >= 0.3 is 6.18 Å². The number of rotatable bonds is 2. The minimum atomic E-state index is -4.32. The smallest absolute Gasteiger partial charge is 0.416 e. The summed E-state index contributed by atoms with van der Waals surface area (Å²) < 4.78 is 43.2. The molecular formula is C14H15F3O. The zero-order valence-corrected chi connectivity index (χ0v) is 10.1. The molecule has 0 fully saturated rings. The molecule has 0 heterocycles. The molecule has 1 unspecified atom stereocenters. The third kappa shape index (κ3) is 3.28. The van der Waals surface area contributed by atoms with E-state index >= 15 is 0 Å². The molecule has 1 atom stereocenters. The Morgan fingerprint density at radius 2 is 2.06 bits per heavy atom. The Balaban J connectivity index is 2.06. The zero-order chi connectivity index (χ0) is 13.2. The molecule has 1 aliphatic carbocycles. The number of alkyl halides is 3. The van der Waals surface area contributed by atoms with Crippen LogP contribution in [0.5, 0.6) is 5.75 Å². The molecular weight excluding hydrogens is 241 g/mol. The van der Waals surface area contributed by atoms with E-state index in [1.54, 1.807) is 6.07 Å². The van der Waals surface area contributed by atoms with Gasteiger partial charge in [-0.05, 0) is 38.0 Å². The highest BCUT2D eigenvalue weighted by atomic mass is 19.4. The molecule has 0 N–H and O–H groups in total. The monoisotopic (exact) mass is 256 g/mol. The molecule has 0 saturated carbocycles. The fraction of sp³-hybridized carbons (Fsp3) is 0.429. The van der Waals surface area contributed by atoms with Crippen LogP contribution in [-0.4, -0.2) is 6.10 Å². The zero-order valence-electron chi connectivity index (χ0n) is 10.1. The highest BCUT2D eigenvalue weighted by Gasteiger charge is 2.30. The van der Waals surface area contributed by atoms with E-state index in [-0.39, 0.29) is 6.10 Å². The first-order valence-electron chi connectivity index (χ1n) is 5.95. The van der Waals surface area contributed by atoms with Crippen LogP contribution in [0, 0.1) is 0 Å². The molecule has 4 heteroatoms. The van der Waals surface area contributed by atoms with Gasteiger partial charge < -0.3 is 4.74 Å². The van der Waals surface area contributed by atoms with E-state index in [0.717, 1.165) is 31.4 Å². The Kier molecular flexibility index (Phi) is 3.64. The van der Waals surface area contributed by atoms with Gasteiger partial charge in [0.15, 0.2) is 0 Å². The molecule has 0 radical (unpaired) electrons. The molecule has 98 valence electrons. The molecule has 0 aromatic heterocycles. The van der Waals surface area contributed by atoms with Gasteiger partial charge in [-0.2, -0.15) is 13.2 Å². The number of ether oxygens (including phenoxy) is 1. The second-order valence-corrected chi connectivity index (χ2v) is 4.59. The molecule has 0 aliphatic heterocycles. The summed E-state index contributed by atoms with van der Waals surface area (Å²) in [7, 11) is 0. The minimum Gasteiger partial charge on any atom is -0.490 e. The summed E-state index contributed by atoms with van der Waals surface area (Å²) in [5.74, 6) is 0.294. The van der Waals surface area contributed by atoms with E-state index in [0.29, 0.717) is 5.75 Å². The summed E-state index contributed by atoms with van der Waals surface area (Å²) in [5, 5.41) is 0. The third-order valence-electron chi connectivity index (χ3n) is 3.05. The molecule has 18 heavy (non-hydrogen) atoms. The largest absolute Gasteiger partial charge is 0.490 e. The molecule has 0 amide bonds. The summed E-state index contributed by atoms with van der Waals surface area (Å²) in [5.41, 5.74) is 0.654. The number of allylic oxidation sites excluding steroid dienone is 1. The number of halogens is 3. The average Bonchev–Trinajstić information content (AvgIpc) is 2.31. The van der Waals surface area contributed by atoms with Gasteiger partial charge in [-0.1, -0.05) is 17.7 Å². The Morgan fingerprint density at radius 3 is 2.67 bits per heavy atom. The number of benzene rings is 1. The Hall–Kier alpha value is -1.45. The van der Waals surface area contributed by atoms with Crippen LogP contribution < -0.4 is 4.74 Å². The van der Waals surface area contributed by atoms with Crippen molar-refractivity contribution in [3.05, 3.63) is 41.5 Å². The van der Waals surface area contributed by atoms with Crippen molar-refractivity contribution in [3.63, 3.8) is 0 Å². The predicted octanol–water partition coefficient (Wildman–Crippen LogP) is 4.58. The normalized spacial score (nSPS) is 20.4. The van der Waals surface area contributed by atoms with Crippen molar-refractivity contribution >= 4 is 0 Å². The molecule has 1 nitrogen and oxygen atoms in total. The van der Waals surface area contributed by atoms with Gasteiger partial charge in [0.25, 0.3) is 0 Å². The van der Waals surface area contributed by atoms with E-state index in [2.05, 4.69) is 13.0 Å². The van der Waals surface area contributed by atoms with Crippen molar-refractivity contribution in [2.75, 3.05) is 0 Å². The first-order chi connectivity index (χ1) is 8.45. The first-order valence-corrected chi connectivity index (χ1v) is 5.95. The van der Waals surface area contributed by atoms with Crippen molar-refractivity contribution in [2.24, 2.45) is 0 Å². The highest BCUT2D eigenvalue weighted by molar-refractivity contribution is 5.30. The topological polar surface area (TPSA) is 9.23 Å². The molecule has 1 aromatic rings. The lowest BCUT2D eigenvalue weighted by Crippen LogP contribution is -2.18. The quantitative estimate of drug-likeness (QED) is 0.703. The van der Waals surface area contributed by atoms with Crippen molar-refractivity contribution in [1.29, 1.82) is 0 Å². The van der Waals surface area contributed by atoms with E-state index in [9.17, 15) is 13.2 Å². The van der Waals surface area contributed by atoms with Crippen LogP contribution in [-0.2, 0) is 6.18 Å². The SMILES string of the molecule is CC1=CCC(Oc2cccc(C(F)(F)F)c2)CC1. The summed E-state index contributed by atoms with van der Waals surface area (Å²) >= 11 is 0. The van der Waals surface area contributed by atoms with Crippen molar-refractivity contribution in [1.82, 2.24) is 0 Å². The van der Waals surface area contributed by atoms with Gasteiger partial charge in [0.2, 0.25) is 0 Å². The summed E-state index contributed by atoms with van der Waals surface area (Å²) in [6.07, 6.45) is 0.325. The minimum absolute atomic E-state index is 0.0165. The standard InChI is InChI=1S/C14H15F3O/c1-10-5-7-12(8-6-10)18-13-4-2-3-11(9-13)14(15,16)17/h2-5,9,12H,6-8H2,1H3. The van der Waals surface area contributed by atoms with Crippen LogP contribution in [0.2, 0.25) is 0 Å². The highest BCUT2D eigenvalue weighted by Crippen LogP contribution is 2.32. The van der Waals surface area contributed by atoms with Gasteiger partial charge in [-0.15, -0.1) is 0 Å². The average molecular weight is 256 g/mol. The van der Waals surface area contributed by atoms with E-state index in [1.165, 1.54) is 11.6 Å². The van der Waals surface area contributed by atoms with E-state index in [1.807, 2.05) is 0 Å². The number of hydrogen-bond acceptors (Lipinski definition) is 1. The van der Waals surface area contributed by atoms with Crippen molar-refractivity contribution < 1.29 is 17.9 Å². The van der Waals surface area contributed by atoms with Gasteiger partial charge in [0.1, 0.15) is 11.9 Å². The molecule has 1 aromatic carbocycles. The maximum Gasteiger partial charge on any atom is 0.416 e. The molecule has 2 rings (SSSR count). The number of hydrogen-bond donors (Lipinski definition) is 0. The summed E-state index contributed by atoms with van der Waals surface area (Å²) in [4.78, 5) is 0. The van der Waals surface area contributed by atoms with Gasteiger partial charge in [0.05, 0.1) is 5.56 Å². The van der Waals surface area contributed by atoms with Crippen LogP contribution in [0.4, 0.5) is 13.2 Å². The van der Waals surface area contributed by atoms with Crippen LogP contribution in [0.3, 0.4) is 0 Å². The van der Waals surface area contributed by atoms with E-state index < -0.39 is 11.7 Å². The maximum atomic E-state index is 12.5. The second kappa shape index (κ2) is 5.04. The van der Waals surface area contributed by atoms with Crippen LogP contribution in [0.25, 0.3) is 0 Å². The Labute approximate surface area is 104 Å². The fourth-order valence-electron chi connectivity index (χ4n) is 1.99. The Morgan fingerprint density at radius 1 is 1.28 bits per heavy atom. The Bertz CT molecular complexity index is 449. The van der Waals surface area contributed by atoms with Crippen LogP contribution in [0.15, 0.2) is 35.9 Å². The second-order valence-electron chi connectivity index (χ2n) is 4.59. The fourth-order valence-corrected chi connectivity index (χ4v) is 1.99. The van der Waals surface area contributed by atoms with Gasteiger partial charge in [-0.25, -0.2) is 0 Å². The lowest BCUT2D eigenvalue weighted by atomic mass is 9.98. The predicted molar refractivity (Wildman–Crippen MR) is 63.5 cm³/mol. The molecule has 1 aliphatic rings. The summed E-state index contributed by atoms with van der Waals surface area (Å²) in [6, 6.07) is 5.06. The maximum absolute atomic E-state index is 12.5. The van der Waals surface area contributed by atoms with Crippen molar-refractivity contribution in [2.45, 2.75) is 38.5 Å². The lowest BCUT2D eigenvalue weighted by molar-refractivity contribution is -0.137. The van der Waals surface area contributed by atoms with Crippen LogP contribution in [0.1, 0.15) is 31.7 Å². The summed E-state index contributed by atoms with van der Waals surface area (Å²) in [6.45, 7) is 2.06. The van der Waals surface area contributed by atoms with E-state index in [4.69, 9.17) is 4.74 Å². The molecule has 0 saturated heterocycles. The third-order valence-corrected chi connectivity index (χ3v) is 3.05. The van der Waals surface area contributed by atoms with Gasteiger partial charge in [0, 0.05) is 6.42 Å². The first kappa shape index (κ1) is 13.0. The molecule has 0 spiro atoms.